The van der Waals surface area contributed by atoms with Crippen molar-refractivity contribution in [1.82, 2.24) is 10.2 Å². The Morgan fingerprint density at radius 1 is 1.11 bits per heavy atom. The zero-order valence-electron chi connectivity index (χ0n) is 12.1. The van der Waals surface area contributed by atoms with E-state index in [1.54, 1.807) is 0 Å². The van der Waals surface area contributed by atoms with E-state index in [2.05, 4.69) is 10.2 Å². The molecular formula is C15H28N2O2. The highest BCUT2D eigenvalue weighted by Gasteiger charge is 2.36. The first kappa shape index (κ1) is 13.8. The molecule has 110 valence electrons. The summed E-state index contributed by atoms with van der Waals surface area (Å²) in [4.78, 5) is 2.65. The second-order valence-electron chi connectivity index (χ2n) is 6.27. The molecule has 0 aromatic heterocycles. The Bertz CT molecular complexity index is 285. The molecule has 4 unspecified atom stereocenters. The molecule has 0 aromatic rings. The van der Waals surface area contributed by atoms with Crippen molar-refractivity contribution in [1.29, 1.82) is 0 Å². The minimum Gasteiger partial charge on any atom is -0.375 e. The van der Waals surface area contributed by atoms with Gasteiger partial charge in [0.1, 0.15) is 0 Å². The number of morpholine rings is 1. The van der Waals surface area contributed by atoms with Crippen LogP contribution in [0.15, 0.2) is 0 Å². The zero-order chi connectivity index (χ0) is 13.1. The van der Waals surface area contributed by atoms with Crippen LogP contribution in [-0.4, -0.2) is 62.5 Å². The average molecular weight is 268 g/mol. The van der Waals surface area contributed by atoms with Crippen LogP contribution in [0.1, 0.15) is 38.5 Å². The van der Waals surface area contributed by atoms with Crippen LogP contribution in [0.25, 0.3) is 0 Å². The molecule has 1 aliphatic carbocycles. The molecule has 0 bridgehead atoms. The van der Waals surface area contributed by atoms with Gasteiger partial charge in [-0.25, -0.2) is 0 Å². The predicted octanol–water partition coefficient (Wildman–Crippen LogP) is 1.40. The number of hydrogen-bond donors (Lipinski definition) is 1. The van der Waals surface area contributed by atoms with Crippen molar-refractivity contribution >= 4 is 0 Å². The largest absolute Gasteiger partial charge is 0.375 e. The fourth-order valence-corrected chi connectivity index (χ4v) is 3.96. The highest BCUT2D eigenvalue weighted by Crippen LogP contribution is 2.30. The van der Waals surface area contributed by atoms with E-state index in [1.165, 1.54) is 38.5 Å². The molecule has 1 saturated carbocycles. The van der Waals surface area contributed by atoms with Gasteiger partial charge >= 0.3 is 0 Å². The van der Waals surface area contributed by atoms with Crippen molar-refractivity contribution in [3.05, 3.63) is 0 Å². The van der Waals surface area contributed by atoms with Crippen molar-refractivity contribution in [2.24, 2.45) is 0 Å². The van der Waals surface area contributed by atoms with Gasteiger partial charge in [-0.15, -0.1) is 0 Å². The van der Waals surface area contributed by atoms with Crippen molar-refractivity contribution in [2.75, 3.05) is 33.3 Å². The van der Waals surface area contributed by atoms with Crippen LogP contribution >= 0.6 is 0 Å². The molecule has 4 nitrogen and oxygen atoms in total. The van der Waals surface area contributed by atoms with Crippen molar-refractivity contribution < 1.29 is 9.47 Å². The molecule has 2 aliphatic heterocycles. The SMILES string of the molecule is CNCC1CCC(CN2CCOC3CCCCC32)O1. The van der Waals surface area contributed by atoms with E-state index in [0.29, 0.717) is 24.4 Å². The van der Waals surface area contributed by atoms with Gasteiger partial charge in [0, 0.05) is 25.7 Å². The maximum atomic E-state index is 6.14. The van der Waals surface area contributed by atoms with Crippen molar-refractivity contribution in [2.45, 2.75) is 62.9 Å². The lowest BCUT2D eigenvalue weighted by Gasteiger charge is -2.44. The molecule has 3 fully saturated rings. The Hall–Kier alpha value is -0.160. The second-order valence-corrected chi connectivity index (χ2v) is 6.27. The summed E-state index contributed by atoms with van der Waals surface area (Å²) in [6.45, 7) is 4.11. The molecule has 0 spiro atoms. The van der Waals surface area contributed by atoms with Gasteiger partial charge in [0.2, 0.25) is 0 Å². The smallest absolute Gasteiger partial charge is 0.0730 e. The first-order chi connectivity index (χ1) is 9.36. The quantitative estimate of drug-likeness (QED) is 0.835. The lowest BCUT2D eigenvalue weighted by atomic mass is 9.90. The molecule has 4 heteroatoms. The Balaban J connectivity index is 1.51. The molecule has 0 radical (unpaired) electrons. The lowest BCUT2D eigenvalue weighted by Crippen LogP contribution is -2.54. The number of rotatable bonds is 4. The Labute approximate surface area is 116 Å². The fourth-order valence-electron chi connectivity index (χ4n) is 3.96. The van der Waals surface area contributed by atoms with Gasteiger partial charge in [0.25, 0.3) is 0 Å². The second kappa shape index (κ2) is 6.53. The van der Waals surface area contributed by atoms with E-state index in [1.807, 2.05) is 7.05 Å². The van der Waals surface area contributed by atoms with Crippen LogP contribution in [0, 0.1) is 0 Å². The van der Waals surface area contributed by atoms with E-state index < -0.39 is 0 Å². The topological polar surface area (TPSA) is 33.7 Å². The Kier molecular flexibility index (Phi) is 4.74. The summed E-state index contributed by atoms with van der Waals surface area (Å²) in [7, 11) is 2.01. The van der Waals surface area contributed by atoms with Crippen LogP contribution in [0.4, 0.5) is 0 Å². The van der Waals surface area contributed by atoms with Crippen molar-refractivity contribution in [3.8, 4) is 0 Å². The summed E-state index contributed by atoms with van der Waals surface area (Å²) in [6.07, 6.45) is 9.10. The van der Waals surface area contributed by atoms with Gasteiger partial charge in [-0.05, 0) is 32.7 Å². The van der Waals surface area contributed by atoms with E-state index in [-0.39, 0.29) is 0 Å². The van der Waals surface area contributed by atoms with E-state index in [0.717, 1.165) is 26.2 Å². The number of fused-ring (bicyclic) bond motifs is 1. The third kappa shape index (κ3) is 3.30. The summed E-state index contributed by atoms with van der Waals surface area (Å²) in [6, 6.07) is 0.662. The number of ether oxygens (including phenoxy) is 2. The molecule has 0 aromatic carbocycles. The summed E-state index contributed by atoms with van der Waals surface area (Å²) in [5.74, 6) is 0. The zero-order valence-corrected chi connectivity index (χ0v) is 12.1. The van der Waals surface area contributed by atoms with E-state index in [4.69, 9.17) is 9.47 Å². The summed E-state index contributed by atoms with van der Waals surface area (Å²) < 4.78 is 12.1. The number of nitrogens with one attached hydrogen (secondary N) is 1. The highest BCUT2D eigenvalue weighted by atomic mass is 16.5. The number of nitrogens with zero attached hydrogens (tertiary/aromatic N) is 1. The van der Waals surface area contributed by atoms with Gasteiger partial charge < -0.3 is 14.8 Å². The average Bonchev–Trinajstić information content (AvgIpc) is 2.87. The molecule has 3 aliphatic rings. The van der Waals surface area contributed by atoms with Gasteiger partial charge in [-0.2, -0.15) is 0 Å². The minimum atomic E-state index is 0.429. The molecular weight excluding hydrogens is 240 g/mol. The van der Waals surface area contributed by atoms with Crippen LogP contribution in [-0.2, 0) is 9.47 Å². The van der Waals surface area contributed by atoms with Crippen LogP contribution in [0.3, 0.4) is 0 Å². The molecule has 3 rings (SSSR count). The molecule has 0 amide bonds. The molecule has 1 N–H and O–H groups in total. The van der Waals surface area contributed by atoms with Gasteiger partial charge in [-0.1, -0.05) is 12.8 Å². The fraction of sp³-hybridized carbons (Fsp3) is 1.00. The van der Waals surface area contributed by atoms with Crippen molar-refractivity contribution in [3.63, 3.8) is 0 Å². The summed E-state index contributed by atoms with van der Waals surface area (Å²) in [5, 5.41) is 3.22. The van der Waals surface area contributed by atoms with Gasteiger partial charge in [0.15, 0.2) is 0 Å². The maximum Gasteiger partial charge on any atom is 0.0730 e. The maximum absolute atomic E-state index is 6.14. The first-order valence-electron chi connectivity index (χ1n) is 8.02. The number of hydrogen-bond acceptors (Lipinski definition) is 4. The minimum absolute atomic E-state index is 0.429. The van der Waals surface area contributed by atoms with Gasteiger partial charge in [0.05, 0.1) is 24.9 Å². The Morgan fingerprint density at radius 2 is 1.95 bits per heavy atom. The standard InChI is InChI=1S/C15H28N2O2/c1-16-10-12-6-7-13(19-12)11-17-8-9-18-15-5-3-2-4-14(15)17/h12-16H,2-11H2,1H3. The first-order valence-corrected chi connectivity index (χ1v) is 8.02. The Morgan fingerprint density at radius 3 is 2.84 bits per heavy atom. The number of likely N-dealkylation sites (N-methyl/N-ethyl adjacent to an activating group) is 1. The van der Waals surface area contributed by atoms with Gasteiger partial charge in [-0.3, -0.25) is 4.90 Å². The molecule has 2 heterocycles. The third-order valence-electron chi connectivity index (χ3n) is 4.91. The molecule has 4 atom stereocenters. The normalized spacial score (nSPS) is 40.3. The summed E-state index contributed by atoms with van der Waals surface area (Å²) in [5.41, 5.74) is 0. The lowest BCUT2D eigenvalue weighted by molar-refractivity contribution is -0.101. The van der Waals surface area contributed by atoms with Crippen LogP contribution < -0.4 is 5.32 Å². The molecule has 19 heavy (non-hydrogen) atoms. The monoisotopic (exact) mass is 268 g/mol. The van der Waals surface area contributed by atoms with E-state index in [9.17, 15) is 0 Å². The predicted molar refractivity (Wildman–Crippen MR) is 75.4 cm³/mol. The third-order valence-corrected chi connectivity index (χ3v) is 4.91. The van der Waals surface area contributed by atoms with Crippen LogP contribution in [0.2, 0.25) is 0 Å². The van der Waals surface area contributed by atoms with Crippen LogP contribution in [0.5, 0.6) is 0 Å². The summed E-state index contributed by atoms with van der Waals surface area (Å²) >= 11 is 0. The highest BCUT2D eigenvalue weighted by molar-refractivity contribution is 4.89. The van der Waals surface area contributed by atoms with E-state index >= 15 is 0 Å². The molecule has 2 saturated heterocycles.